The summed E-state index contributed by atoms with van der Waals surface area (Å²) in [5.41, 5.74) is 5.68. The van der Waals surface area contributed by atoms with Crippen molar-refractivity contribution in [3.63, 3.8) is 0 Å². The molecular formula is C32H54. The molecule has 0 saturated carbocycles. The number of allylic oxidation sites excluding steroid dienone is 9. The second kappa shape index (κ2) is 16.1. The van der Waals surface area contributed by atoms with Crippen molar-refractivity contribution in [2.75, 3.05) is 0 Å². The van der Waals surface area contributed by atoms with E-state index < -0.39 is 0 Å². The Morgan fingerprint density at radius 2 is 1.25 bits per heavy atom. The molecular weight excluding hydrogens is 384 g/mol. The summed E-state index contributed by atoms with van der Waals surface area (Å²) >= 11 is 0. The summed E-state index contributed by atoms with van der Waals surface area (Å²) in [6.45, 7) is 30.3. The summed E-state index contributed by atoms with van der Waals surface area (Å²) in [6.07, 6.45) is 21.1. The van der Waals surface area contributed by atoms with Crippen LogP contribution in [0.5, 0.6) is 0 Å². The molecule has 0 aliphatic heterocycles. The fourth-order valence-electron chi connectivity index (χ4n) is 3.54. The van der Waals surface area contributed by atoms with Gasteiger partial charge in [-0.2, -0.15) is 0 Å². The zero-order chi connectivity index (χ0) is 24.7. The first-order chi connectivity index (χ1) is 14.9. The fourth-order valence-corrected chi connectivity index (χ4v) is 3.54. The van der Waals surface area contributed by atoms with Crippen molar-refractivity contribution in [2.24, 2.45) is 23.2 Å². The van der Waals surface area contributed by atoms with E-state index in [4.69, 9.17) is 0 Å². The lowest BCUT2D eigenvalue weighted by Crippen LogP contribution is -2.09. The van der Waals surface area contributed by atoms with Crippen LogP contribution in [-0.2, 0) is 0 Å². The lowest BCUT2D eigenvalue weighted by molar-refractivity contribution is 0.498. The average molecular weight is 439 g/mol. The van der Waals surface area contributed by atoms with Gasteiger partial charge in [0.1, 0.15) is 0 Å². The Hall–Kier alpha value is -1.56. The highest BCUT2D eigenvalue weighted by atomic mass is 14.2. The third kappa shape index (κ3) is 14.5. The van der Waals surface area contributed by atoms with Crippen molar-refractivity contribution < 1.29 is 0 Å². The molecule has 0 aromatic carbocycles. The smallest absolute Gasteiger partial charge is 0.00330 e. The van der Waals surface area contributed by atoms with E-state index in [1.807, 2.05) is 0 Å². The number of rotatable bonds is 17. The van der Waals surface area contributed by atoms with Crippen molar-refractivity contribution in [1.29, 1.82) is 0 Å². The molecule has 4 unspecified atom stereocenters. The van der Waals surface area contributed by atoms with Gasteiger partial charge >= 0.3 is 0 Å². The van der Waals surface area contributed by atoms with Crippen molar-refractivity contribution in [3.8, 4) is 0 Å². The van der Waals surface area contributed by atoms with Crippen LogP contribution < -0.4 is 0 Å². The highest BCUT2D eigenvalue weighted by Gasteiger charge is 2.15. The van der Waals surface area contributed by atoms with Crippen LogP contribution >= 0.6 is 0 Å². The zero-order valence-electron chi connectivity index (χ0n) is 22.9. The van der Waals surface area contributed by atoms with E-state index in [1.165, 1.54) is 54.4 Å². The fraction of sp³-hybridized carbons (Fsp3) is 0.625. The van der Waals surface area contributed by atoms with Crippen LogP contribution in [0.1, 0.15) is 107 Å². The maximum atomic E-state index is 4.12. The van der Waals surface area contributed by atoms with Crippen LogP contribution in [0.4, 0.5) is 0 Å². The van der Waals surface area contributed by atoms with Gasteiger partial charge in [-0.25, -0.2) is 0 Å². The minimum absolute atomic E-state index is 0.0699. The molecule has 4 atom stereocenters. The largest absolute Gasteiger partial charge is 0.102 e. The van der Waals surface area contributed by atoms with E-state index in [-0.39, 0.29) is 5.41 Å². The summed E-state index contributed by atoms with van der Waals surface area (Å²) in [6, 6.07) is 0. The summed E-state index contributed by atoms with van der Waals surface area (Å²) in [5, 5.41) is 0. The molecule has 0 fully saturated rings. The second-order valence-corrected chi connectivity index (χ2v) is 10.8. The predicted octanol–water partition coefficient (Wildman–Crippen LogP) is 10.8. The highest BCUT2D eigenvalue weighted by Crippen LogP contribution is 2.29. The summed E-state index contributed by atoms with van der Waals surface area (Å²) in [5.74, 6) is 1.82. The van der Waals surface area contributed by atoms with Gasteiger partial charge in [0.05, 0.1) is 0 Å². The Kier molecular flexibility index (Phi) is 15.3. The first-order valence-corrected chi connectivity index (χ1v) is 12.8. The molecule has 0 amide bonds. The first-order valence-electron chi connectivity index (χ1n) is 12.8. The molecule has 0 aliphatic rings. The van der Waals surface area contributed by atoms with Gasteiger partial charge in [-0.1, -0.05) is 93.5 Å². The summed E-state index contributed by atoms with van der Waals surface area (Å²) in [7, 11) is 0. The van der Waals surface area contributed by atoms with Gasteiger partial charge in [-0.15, -0.1) is 6.58 Å². The first kappa shape index (κ1) is 30.4. The molecule has 0 nitrogen and oxygen atoms in total. The van der Waals surface area contributed by atoms with Crippen LogP contribution in [0.25, 0.3) is 0 Å². The Morgan fingerprint density at radius 3 is 1.69 bits per heavy atom. The SMILES string of the molecule is C=CC(C)(/C=C/C(C)CC/C=C(\C)CCC(C)C(=C)C)CC/C=C(\C)CCC(C)C(=C)C. The van der Waals surface area contributed by atoms with Gasteiger partial charge in [0.15, 0.2) is 0 Å². The molecule has 0 N–H and O–H groups in total. The maximum Gasteiger partial charge on any atom is 0.00330 e. The normalized spacial score (nSPS) is 17.6. The van der Waals surface area contributed by atoms with E-state index in [0.717, 1.165) is 19.3 Å². The van der Waals surface area contributed by atoms with E-state index in [2.05, 4.69) is 106 Å². The molecule has 32 heavy (non-hydrogen) atoms. The lowest BCUT2D eigenvalue weighted by Gasteiger charge is -2.22. The molecule has 182 valence electrons. The van der Waals surface area contributed by atoms with E-state index in [1.54, 1.807) is 0 Å². The van der Waals surface area contributed by atoms with Crippen LogP contribution in [0.2, 0.25) is 0 Å². The minimum Gasteiger partial charge on any atom is -0.102 e. The highest BCUT2D eigenvalue weighted by molar-refractivity contribution is 5.10. The molecule has 0 aromatic rings. The van der Waals surface area contributed by atoms with E-state index in [9.17, 15) is 0 Å². The quantitative estimate of drug-likeness (QED) is 0.198. The van der Waals surface area contributed by atoms with Crippen molar-refractivity contribution >= 4 is 0 Å². The standard InChI is InChI=1S/C32H54/c1-12-32(11,23-14-17-28(7)19-21-31(10)26(4)5)24-22-29(8)16-13-15-27(6)18-20-30(9)25(2)3/h12,15,17,22,24,29-31H,1-2,4,13-14,16,18-21,23H2,3,5-11H3/b24-22+,27-15+,28-17+. The van der Waals surface area contributed by atoms with Crippen LogP contribution in [-0.4, -0.2) is 0 Å². The Balaban J connectivity index is 4.49. The van der Waals surface area contributed by atoms with Crippen molar-refractivity contribution in [3.05, 3.63) is 72.4 Å². The zero-order valence-corrected chi connectivity index (χ0v) is 22.9. The lowest BCUT2D eigenvalue weighted by atomic mass is 9.83. The number of hydrogen-bond donors (Lipinski definition) is 0. The maximum absolute atomic E-state index is 4.12. The molecule has 0 saturated heterocycles. The predicted molar refractivity (Wildman–Crippen MR) is 149 cm³/mol. The summed E-state index contributed by atoms with van der Waals surface area (Å²) < 4.78 is 0. The second-order valence-electron chi connectivity index (χ2n) is 10.8. The Bertz CT molecular complexity index is 668. The molecule has 0 heteroatoms. The molecule has 0 spiro atoms. The molecule has 0 rings (SSSR count). The molecule has 0 radical (unpaired) electrons. The van der Waals surface area contributed by atoms with Crippen LogP contribution in [0, 0.1) is 23.2 Å². The Morgan fingerprint density at radius 1 is 0.781 bits per heavy atom. The van der Waals surface area contributed by atoms with Gasteiger partial charge in [0.25, 0.3) is 0 Å². The van der Waals surface area contributed by atoms with Gasteiger partial charge in [0.2, 0.25) is 0 Å². The van der Waals surface area contributed by atoms with Gasteiger partial charge in [-0.05, 0) is 96.8 Å². The van der Waals surface area contributed by atoms with E-state index >= 15 is 0 Å². The van der Waals surface area contributed by atoms with E-state index in [0.29, 0.717) is 17.8 Å². The Labute approximate surface area is 202 Å². The third-order valence-corrected chi connectivity index (χ3v) is 7.19. The van der Waals surface area contributed by atoms with Crippen LogP contribution in [0.3, 0.4) is 0 Å². The van der Waals surface area contributed by atoms with Gasteiger partial charge in [-0.3, -0.25) is 0 Å². The molecule has 0 aromatic heterocycles. The molecule has 0 aliphatic carbocycles. The van der Waals surface area contributed by atoms with Crippen LogP contribution in [0.15, 0.2) is 72.4 Å². The molecule has 0 bridgehead atoms. The minimum atomic E-state index is 0.0699. The summed E-state index contributed by atoms with van der Waals surface area (Å²) in [4.78, 5) is 0. The third-order valence-electron chi connectivity index (χ3n) is 7.19. The monoisotopic (exact) mass is 438 g/mol. The molecule has 0 heterocycles. The van der Waals surface area contributed by atoms with Gasteiger partial charge in [0, 0.05) is 5.41 Å². The topological polar surface area (TPSA) is 0 Å². The van der Waals surface area contributed by atoms with Gasteiger partial charge < -0.3 is 0 Å². The van der Waals surface area contributed by atoms with Crippen molar-refractivity contribution in [2.45, 2.75) is 107 Å². The number of hydrogen-bond acceptors (Lipinski definition) is 0. The van der Waals surface area contributed by atoms with Crippen molar-refractivity contribution in [1.82, 2.24) is 0 Å². The average Bonchev–Trinajstić information content (AvgIpc) is 2.74.